The highest BCUT2D eigenvalue weighted by Gasteiger charge is 2.47. The van der Waals surface area contributed by atoms with Gasteiger partial charge in [0.25, 0.3) is 0 Å². The molecule has 264 valence electrons. The van der Waals surface area contributed by atoms with Gasteiger partial charge in [-0.1, -0.05) is 67.5 Å². The molecule has 5 atom stereocenters. The molecule has 2 saturated carbocycles. The zero-order valence-corrected chi connectivity index (χ0v) is 28.7. The fourth-order valence-electron chi connectivity index (χ4n) is 8.52. The molecule has 2 aliphatic heterocycles. The number of alkyl carbamates (subject to hydrolysis) is 1. The first kappa shape index (κ1) is 33.9. The van der Waals surface area contributed by atoms with Crippen molar-refractivity contribution in [1.82, 2.24) is 15.2 Å². The molecular formula is C40H47N3O7. The van der Waals surface area contributed by atoms with Gasteiger partial charge in [-0.25, -0.2) is 14.6 Å². The predicted octanol–water partition coefficient (Wildman–Crippen LogP) is 6.98. The smallest absolute Gasteiger partial charge is 0.408 e. The van der Waals surface area contributed by atoms with Gasteiger partial charge in [0.1, 0.15) is 36.1 Å². The van der Waals surface area contributed by atoms with Gasteiger partial charge in [0.2, 0.25) is 11.8 Å². The Morgan fingerprint density at radius 1 is 1.02 bits per heavy atom. The summed E-state index contributed by atoms with van der Waals surface area (Å²) < 4.78 is 19.4. The van der Waals surface area contributed by atoms with E-state index in [0.717, 1.165) is 74.3 Å². The van der Waals surface area contributed by atoms with Crippen molar-refractivity contribution >= 4 is 28.9 Å². The number of nitrogens with zero attached hydrogens (tertiary/aromatic N) is 2. The number of benzene rings is 2. The molecule has 10 nitrogen and oxygen atoms in total. The van der Waals surface area contributed by atoms with Crippen molar-refractivity contribution in [3.63, 3.8) is 0 Å². The molecule has 3 fully saturated rings. The number of aromatic nitrogens is 1. The van der Waals surface area contributed by atoms with Gasteiger partial charge in [-0.15, -0.1) is 0 Å². The van der Waals surface area contributed by atoms with Crippen LogP contribution in [0.4, 0.5) is 4.79 Å². The Balaban J connectivity index is 1.27. The van der Waals surface area contributed by atoms with E-state index in [0.29, 0.717) is 30.2 Å². The number of carboxylic acids is 1. The topological polar surface area (TPSA) is 127 Å². The fraction of sp³-hybridized carbons (Fsp3) is 0.500. The molecule has 0 spiro atoms. The fourth-order valence-corrected chi connectivity index (χ4v) is 8.52. The lowest BCUT2D eigenvalue weighted by Crippen LogP contribution is -2.55. The Hall–Kier alpha value is -4.60. The van der Waals surface area contributed by atoms with E-state index in [2.05, 4.69) is 17.5 Å². The summed E-state index contributed by atoms with van der Waals surface area (Å²) in [6.45, 7) is 2.41. The summed E-state index contributed by atoms with van der Waals surface area (Å²) >= 11 is 0. The molecule has 4 aliphatic rings. The maximum Gasteiger partial charge on any atom is 0.408 e. The molecular weight excluding hydrogens is 634 g/mol. The van der Waals surface area contributed by atoms with Crippen molar-refractivity contribution in [2.24, 2.45) is 11.8 Å². The molecule has 2 amide bonds. The van der Waals surface area contributed by atoms with E-state index >= 15 is 0 Å². The summed E-state index contributed by atoms with van der Waals surface area (Å²) in [4.78, 5) is 46.8. The molecule has 1 saturated heterocycles. The normalized spacial score (nSPS) is 28.5. The number of rotatable bonds is 5. The van der Waals surface area contributed by atoms with E-state index < -0.39 is 41.8 Å². The standard InChI is InChI=1S/C40H47N3O7/c1-40-22-12-18-28(40)17-6-3-7-20-31-35(48-25-26-13-4-2-5-14-26)30-19-10-11-21-32(30)41-36(31)49-29-23-33(38(45)46)43(24-29)37(44)34(42-39(47)50-40)27-15-8-9-16-27/h2-5,7,10-11,13-14,19,21,27-29,33-34H,6,8-9,12,15-18,20,22-25H2,1H3,(H,42,47)(H,45,46)/b7-3+/t28-,29-,33+,34+,40-/m1/s1. The number of ether oxygens (including phenoxy) is 3. The number of aliphatic carboxylic acids is 1. The van der Waals surface area contributed by atoms with E-state index in [1.807, 2.05) is 61.5 Å². The second kappa shape index (κ2) is 14.7. The lowest BCUT2D eigenvalue weighted by molar-refractivity contribution is -0.149. The van der Waals surface area contributed by atoms with E-state index in [-0.39, 0.29) is 24.8 Å². The number of carboxylic acid groups (broad SMARTS) is 1. The van der Waals surface area contributed by atoms with Crippen LogP contribution in [0.5, 0.6) is 11.6 Å². The first-order valence-corrected chi connectivity index (χ1v) is 18.2. The summed E-state index contributed by atoms with van der Waals surface area (Å²) in [5.74, 6) is -0.369. The van der Waals surface area contributed by atoms with Crippen LogP contribution in [0.1, 0.15) is 82.3 Å². The SMILES string of the molecule is C[C@@]12CCC[C@H]1CC/C=C/Cc1c(nc3ccccc3c1OCc1ccccc1)O[C@@H]1C[C@@H](C(=O)O)N(C1)C(=O)[C@H](C1CCCC1)NC(=O)O2. The van der Waals surface area contributed by atoms with Crippen LogP contribution in [0.25, 0.3) is 10.9 Å². The van der Waals surface area contributed by atoms with Crippen LogP contribution in [0, 0.1) is 11.8 Å². The number of nitrogens with one attached hydrogen (secondary N) is 1. The second-order valence-corrected chi connectivity index (χ2v) is 14.5. The molecule has 10 heteroatoms. The van der Waals surface area contributed by atoms with Crippen LogP contribution in [0.3, 0.4) is 0 Å². The number of pyridine rings is 1. The number of hydrogen-bond donors (Lipinski definition) is 2. The molecule has 2 N–H and O–H groups in total. The lowest BCUT2D eigenvalue weighted by Gasteiger charge is -2.34. The Labute approximate surface area is 293 Å². The number of fused-ring (bicyclic) bond motifs is 5. The minimum Gasteiger partial charge on any atom is -0.488 e. The highest BCUT2D eigenvalue weighted by atomic mass is 16.6. The third-order valence-electron chi connectivity index (χ3n) is 11.2. The lowest BCUT2D eigenvalue weighted by atomic mass is 9.88. The third-order valence-corrected chi connectivity index (χ3v) is 11.2. The van der Waals surface area contributed by atoms with Crippen molar-refractivity contribution in [2.45, 2.75) is 108 Å². The molecule has 50 heavy (non-hydrogen) atoms. The zero-order valence-electron chi connectivity index (χ0n) is 28.7. The predicted molar refractivity (Wildman–Crippen MR) is 188 cm³/mol. The first-order chi connectivity index (χ1) is 24.3. The van der Waals surface area contributed by atoms with Crippen molar-refractivity contribution < 1.29 is 33.7 Å². The van der Waals surface area contributed by atoms with Crippen LogP contribution in [-0.4, -0.2) is 63.3 Å². The summed E-state index contributed by atoms with van der Waals surface area (Å²) in [6, 6.07) is 15.8. The second-order valence-electron chi connectivity index (χ2n) is 14.5. The van der Waals surface area contributed by atoms with Gasteiger partial charge >= 0.3 is 12.1 Å². The Bertz CT molecular complexity index is 1740. The summed E-state index contributed by atoms with van der Waals surface area (Å²) in [6.07, 6.45) is 11.4. The monoisotopic (exact) mass is 681 g/mol. The third kappa shape index (κ3) is 7.16. The summed E-state index contributed by atoms with van der Waals surface area (Å²) in [5, 5.41) is 14.1. The quantitative estimate of drug-likeness (QED) is 0.276. The maximum atomic E-state index is 14.3. The van der Waals surface area contributed by atoms with Crippen LogP contribution in [0.15, 0.2) is 66.7 Å². The maximum absolute atomic E-state index is 14.3. The van der Waals surface area contributed by atoms with Gasteiger partial charge in [-0.3, -0.25) is 4.79 Å². The summed E-state index contributed by atoms with van der Waals surface area (Å²) in [5.41, 5.74) is 1.86. The summed E-state index contributed by atoms with van der Waals surface area (Å²) in [7, 11) is 0. The molecule has 2 aromatic carbocycles. The van der Waals surface area contributed by atoms with Crippen LogP contribution < -0.4 is 14.8 Å². The van der Waals surface area contributed by atoms with E-state index in [4.69, 9.17) is 19.2 Å². The zero-order chi connectivity index (χ0) is 34.7. The number of amides is 2. The first-order valence-electron chi connectivity index (χ1n) is 18.2. The van der Waals surface area contributed by atoms with Gasteiger partial charge in [0.05, 0.1) is 17.6 Å². The minimum atomic E-state index is -1.11. The number of allylic oxidation sites excluding steroid dienone is 2. The van der Waals surface area contributed by atoms with Crippen LogP contribution >= 0.6 is 0 Å². The number of carbonyl (C=O) groups excluding carboxylic acids is 2. The Morgan fingerprint density at radius 3 is 2.60 bits per heavy atom. The number of hydrogen-bond acceptors (Lipinski definition) is 7. The van der Waals surface area contributed by atoms with E-state index in [9.17, 15) is 19.5 Å². The molecule has 2 aliphatic carbocycles. The van der Waals surface area contributed by atoms with E-state index in [1.54, 1.807) is 0 Å². The van der Waals surface area contributed by atoms with Gasteiger partial charge in [-0.05, 0) is 87.8 Å². The number of para-hydroxylation sites is 1. The van der Waals surface area contributed by atoms with Gasteiger partial charge in [-0.2, -0.15) is 0 Å². The molecule has 2 bridgehead atoms. The highest BCUT2D eigenvalue weighted by molar-refractivity contribution is 5.90. The van der Waals surface area contributed by atoms with Gasteiger partial charge in [0, 0.05) is 11.8 Å². The number of carbonyl (C=O) groups is 3. The van der Waals surface area contributed by atoms with Crippen molar-refractivity contribution in [3.8, 4) is 11.6 Å². The molecule has 0 radical (unpaired) electrons. The minimum absolute atomic E-state index is 0.0551. The average Bonchev–Trinajstić information content (AvgIpc) is 3.87. The highest BCUT2D eigenvalue weighted by Crippen LogP contribution is 2.42. The van der Waals surface area contributed by atoms with Crippen molar-refractivity contribution in [3.05, 3.63) is 77.9 Å². The molecule has 3 aromatic rings. The van der Waals surface area contributed by atoms with Crippen LogP contribution in [0.2, 0.25) is 0 Å². The van der Waals surface area contributed by atoms with Gasteiger partial charge in [0.15, 0.2) is 0 Å². The molecule has 0 unspecified atom stereocenters. The van der Waals surface area contributed by atoms with E-state index in [1.165, 1.54) is 4.90 Å². The largest absolute Gasteiger partial charge is 0.488 e. The van der Waals surface area contributed by atoms with Crippen LogP contribution in [-0.2, 0) is 27.4 Å². The molecule has 3 heterocycles. The Morgan fingerprint density at radius 2 is 1.80 bits per heavy atom. The van der Waals surface area contributed by atoms with Gasteiger partial charge < -0.3 is 29.5 Å². The Kier molecular flexibility index (Phi) is 9.97. The van der Waals surface area contributed by atoms with Crippen molar-refractivity contribution in [2.75, 3.05) is 6.54 Å². The average molecular weight is 682 g/mol. The van der Waals surface area contributed by atoms with Crippen molar-refractivity contribution in [1.29, 1.82) is 0 Å². The molecule has 1 aromatic heterocycles. The molecule has 7 rings (SSSR count).